The Bertz CT molecular complexity index is 661. The van der Waals surface area contributed by atoms with Gasteiger partial charge in [0.1, 0.15) is 5.65 Å². The SMILES string of the molecule is CC[C@@H]1CN(Cc2cn3cc(Cl)ccc3n2)CCN1CC(F)F. The third-order valence-corrected chi connectivity index (χ3v) is 4.61. The van der Waals surface area contributed by atoms with Crippen LogP contribution in [0.2, 0.25) is 5.02 Å². The van der Waals surface area contributed by atoms with Crippen LogP contribution in [0.15, 0.2) is 24.5 Å². The number of nitrogens with zero attached hydrogens (tertiary/aromatic N) is 4. The zero-order valence-corrected chi connectivity index (χ0v) is 13.9. The first-order chi connectivity index (χ1) is 11.0. The summed E-state index contributed by atoms with van der Waals surface area (Å²) in [6, 6.07) is 3.90. The van der Waals surface area contributed by atoms with Crippen LogP contribution in [-0.2, 0) is 6.54 Å². The van der Waals surface area contributed by atoms with Crippen molar-refractivity contribution in [3.8, 4) is 0 Å². The first kappa shape index (κ1) is 16.6. The lowest BCUT2D eigenvalue weighted by atomic mass is 10.1. The second-order valence-electron chi connectivity index (χ2n) is 6.03. The molecule has 0 saturated carbocycles. The van der Waals surface area contributed by atoms with Gasteiger partial charge in [-0.1, -0.05) is 18.5 Å². The number of fused-ring (bicyclic) bond motifs is 1. The number of halogens is 3. The number of hydrogen-bond donors (Lipinski definition) is 0. The molecule has 0 aliphatic carbocycles. The number of alkyl halides is 2. The summed E-state index contributed by atoms with van der Waals surface area (Å²) in [5, 5.41) is 0.674. The van der Waals surface area contributed by atoms with E-state index in [2.05, 4.69) is 16.8 Å². The van der Waals surface area contributed by atoms with E-state index in [1.54, 1.807) is 0 Å². The van der Waals surface area contributed by atoms with Gasteiger partial charge in [-0.2, -0.15) is 0 Å². The second-order valence-corrected chi connectivity index (χ2v) is 6.46. The number of hydrogen-bond acceptors (Lipinski definition) is 3. The van der Waals surface area contributed by atoms with Gasteiger partial charge < -0.3 is 4.40 Å². The summed E-state index contributed by atoms with van der Waals surface area (Å²) in [4.78, 5) is 8.79. The fourth-order valence-corrected chi connectivity index (χ4v) is 3.40. The van der Waals surface area contributed by atoms with Gasteiger partial charge in [0, 0.05) is 44.6 Å². The van der Waals surface area contributed by atoms with Gasteiger partial charge >= 0.3 is 0 Å². The van der Waals surface area contributed by atoms with E-state index in [1.165, 1.54) is 0 Å². The summed E-state index contributed by atoms with van der Waals surface area (Å²) in [5.74, 6) is 0. The summed E-state index contributed by atoms with van der Waals surface area (Å²) in [6.45, 7) is 4.94. The predicted octanol–water partition coefficient (Wildman–Crippen LogP) is 3.15. The van der Waals surface area contributed by atoms with Crippen LogP contribution in [-0.4, -0.2) is 57.8 Å². The molecule has 0 bridgehead atoms. The predicted molar refractivity (Wildman–Crippen MR) is 87.1 cm³/mol. The molecule has 7 heteroatoms. The summed E-state index contributed by atoms with van der Waals surface area (Å²) in [5.41, 5.74) is 1.84. The molecule has 0 aromatic carbocycles. The van der Waals surface area contributed by atoms with E-state index < -0.39 is 6.43 Å². The van der Waals surface area contributed by atoms with E-state index in [9.17, 15) is 8.78 Å². The Hall–Kier alpha value is -1.24. The van der Waals surface area contributed by atoms with Crippen molar-refractivity contribution in [2.75, 3.05) is 26.2 Å². The maximum absolute atomic E-state index is 12.6. The van der Waals surface area contributed by atoms with E-state index in [0.717, 1.165) is 37.4 Å². The zero-order valence-electron chi connectivity index (χ0n) is 13.1. The molecule has 2 aromatic heterocycles. The molecular formula is C16H21ClF2N4. The maximum atomic E-state index is 12.6. The van der Waals surface area contributed by atoms with E-state index in [4.69, 9.17) is 11.6 Å². The Kier molecular flexibility index (Phi) is 5.14. The lowest BCUT2D eigenvalue weighted by Crippen LogP contribution is -2.53. The Morgan fingerprint density at radius 2 is 2.13 bits per heavy atom. The second kappa shape index (κ2) is 7.11. The lowest BCUT2D eigenvalue weighted by molar-refractivity contribution is 0.0167. The maximum Gasteiger partial charge on any atom is 0.251 e. The minimum absolute atomic E-state index is 0.126. The molecule has 4 nitrogen and oxygen atoms in total. The van der Waals surface area contributed by atoms with E-state index in [1.807, 2.05) is 33.8 Å². The molecule has 0 N–H and O–H groups in total. The highest BCUT2D eigenvalue weighted by Gasteiger charge is 2.27. The highest BCUT2D eigenvalue weighted by atomic mass is 35.5. The standard InChI is InChI=1S/C16H21ClF2N4/c1-2-14-10-21(5-6-22(14)11-15(18)19)8-13-9-23-7-12(17)3-4-16(23)20-13/h3-4,7,9,14-15H,2,5-6,8,10-11H2,1H3/t14-/m1/s1. The molecular weight excluding hydrogens is 322 g/mol. The average molecular weight is 343 g/mol. The van der Waals surface area contributed by atoms with Gasteiger partial charge in [0.05, 0.1) is 17.3 Å². The van der Waals surface area contributed by atoms with Crippen molar-refractivity contribution in [3.05, 3.63) is 35.2 Å². The first-order valence-electron chi connectivity index (χ1n) is 7.93. The van der Waals surface area contributed by atoms with E-state index >= 15 is 0 Å². The van der Waals surface area contributed by atoms with Gasteiger partial charge in [-0.3, -0.25) is 9.80 Å². The summed E-state index contributed by atoms with van der Waals surface area (Å²) in [7, 11) is 0. The Labute approximate surface area is 139 Å². The minimum atomic E-state index is -2.27. The van der Waals surface area contributed by atoms with Gasteiger partial charge in [0.2, 0.25) is 0 Å². The molecule has 1 saturated heterocycles. The monoisotopic (exact) mass is 342 g/mol. The average Bonchev–Trinajstić information content (AvgIpc) is 2.89. The summed E-state index contributed by atoms with van der Waals surface area (Å²) < 4.78 is 27.2. The Morgan fingerprint density at radius 3 is 2.87 bits per heavy atom. The third-order valence-electron chi connectivity index (χ3n) is 4.38. The minimum Gasteiger partial charge on any atom is -0.305 e. The first-order valence-corrected chi connectivity index (χ1v) is 8.30. The largest absolute Gasteiger partial charge is 0.305 e. The molecule has 1 aliphatic heterocycles. The molecule has 3 heterocycles. The van der Waals surface area contributed by atoms with Crippen molar-refractivity contribution in [1.82, 2.24) is 19.2 Å². The van der Waals surface area contributed by atoms with Crippen LogP contribution in [0.3, 0.4) is 0 Å². The van der Waals surface area contributed by atoms with Crippen LogP contribution < -0.4 is 0 Å². The van der Waals surface area contributed by atoms with Crippen molar-refractivity contribution in [3.63, 3.8) is 0 Å². The number of aromatic nitrogens is 2. The third kappa shape index (κ3) is 4.00. The fourth-order valence-electron chi connectivity index (χ4n) is 3.23. The Balaban J connectivity index is 1.65. The number of pyridine rings is 1. The highest BCUT2D eigenvalue weighted by Crippen LogP contribution is 2.18. The Morgan fingerprint density at radius 1 is 1.30 bits per heavy atom. The topological polar surface area (TPSA) is 23.8 Å². The molecule has 1 atom stereocenters. The quantitative estimate of drug-likeness (QED) is 0.834. The smallest absolute Gasteiger partial charge is 0.251 e. The van der Waals surface area contributed by atoms with Crippen LogP contribution in [0.5, 0.6) is 0 Å². The van der Waals surface area contributed by atoms with Crippen LogP contribution in [0, 0.1) is 0 Å². The van der Waals surface area contributed by atoms with Gasteiger partial charge in [0.25, 0.3) is 6.43 Å². The van der Waals surface area contributed by atoms with Crippen LogP contribution in [0.25, 0.3) is 5.65 Å². The lowest BCUT2D eigenvalue weighted by Gasteiger charge is -2.40. The van der Waals surface area contributed by atoms with Crippen molar-refractivity contribution >= 4 is 17.2 Å². The summed E-state index contributed by atoms with van der Waals surface area (Å²) >= 11 is 5.99. The molecule has 1 fully saturated rings. The van der Waals surface area contributed by atoms with Crippen molar-refractivity contribution < 1.29 is 8.78 Å². The molecule has 0 radical (unpaired) electrons. The highest BCUT2D eigenvalue weighted by molar-refractivity contribution is 6.30. The van der Waals surface area contributed by atoms with Crippen molar-refractivity contribution in [1.29, 1.82) is 0 Å². The molecule has 126 valence electrons. The van der Waals surface area contributed by atoms with Crippen LogP contribution in [0.1, 0.15) is 19.0 Å². The number of rotatable bonds is 5. The molecule has 0 spiro atoms. The molecule has 2 aromatic rings. The number of imidazole rings is 1. The van der Waals surface area contributed by atoms with E-state index in [-0.39, 0.29) is 12.6 Å². The van der Waals surface area contributed by atoms with Crippen molar-refractivity contribution in [2.24, 2.45) is 0 Å². The fraction of sp³-hybridized carbons (Fsp3) is 0.562. The van der Waals surface area contributed by atoms with Gasteiger partial charge in [-0.25, -0.2) is 13.8 Å². The van der Waals surface area contributed by atoms with Crippen molar-refractivity contribution in [2.45, 2.75) is 32.4 Å². The van der Waals surface area contributed by atoms with Gasteiger partial charge in [-0.15, -0.1) is 0 Å². The van der Waals surface area contributed by atoms with Gasteiger partial charge in [0.15, 0.2) is 0 Å². The molecule has 23 heavy (non-hydrogen) atoms. The van der Waals surface area contributed by atoms with Crippen LogP contribution in [0.4, 0.5) is 8.78 Å². The van der Waals surface area contributed by atoms with Gasteiger partial charge in [-0.05, 0) is 18.6 Å². The molecule has 0 amide bonds. The molecule has 0 unspecified atom stereocenters. The number of piperazine rings is 1. The van der Waals surface area contributed by atoms with Crippen LogP contribution >= 0.6 is 11.6 Å². The summed E-state index contributed by atoms with van der Waals surface area (Å²) in [6.07, 6.45) is 2.43. The normalized spacial score (nSPS) is 20.7. The molecule has 1 aliphatic rings. The molecule has 3 rings (SSSR count). The zero-order chi connectivity index (χ0) is 16.4. The van der Waals surface area contributed by atoms with E-state index in [0.29, 0.717) is 11.6 Å².